The first-order chi connectivity index (χ1) is 11.9. The molecule has 1 aromatic rings. The van der Waals surface area contributed by atoms with Gasteiger partial charge < -0.3 is 4.90 Å². The fourth-order valence-electron chi connectivity index (χ4n) is 3.87. The Balaban J connectivity index is 2.09. The Labute approximate surface area is 153 Å². The number of rotatable bonds is 4. The van der Waals surface area contributed by atoms with Crippen molar-refractivity contribution in [3.8, 4) is 0 Å². The van der Waals surface area contributed by atoms with Crippen LogP contribution in [0, 0.1) is 11.8 Å². The van der Waals surface area contributed by atoms with Gasteiger partial charge in [0.25, 0.3) is 11.8 Å². The van der Waals surface area contributed by atoms with Crippen LogP contribution in [0.15, 0.2) is 42.6 Å². The van der Waals surface area contributed by atoms with Gasteiger partial charge in [-0.15, -0.1) is 6.58 Å². The van der Waals surface area contributed by atoms with E-state index in [1.54, 1.807) is 30.3 Å². The Morgan fingerprint density at radius 1 is 1.12 bits per heavy atom. The fourth-order valence-corrected chi connectivity index (χ4v) is 4.00. The van der Waals surface area contributed by atoms with E-state index in [1.807, 2.05) is 0 Å². The molecule has 2 aliphatic heterocycles. The molecule has 1 aromatic carbocycles. The lowest BCUT2D eigenvalue weighted by molar-refractivity contribution is -0.137. The minimum absolute atomic E-state index is 0.219. The number of hydrogen-bond acceptors (Lipinski definition) is 3. The molecule has 0 radical (unpaired) electrons. The quantitative estimate of drug-likeness (QED) is 0.610. The number of benzene rings is 1. The lowest BCUT2D eigenvalue weighted by atomic mass is 9.91. The third-order valence-electron chi connectivity index (χ3n) is 4.77. The van der Waals surface area contributed by atoms with Crippen molar-refractivity contribution in [1.29, 1.82) is 0 Å². The van der Waals surface area contributed by atoms with E-state index in [0.717, 1.165) is 25.1 Å². The van der Waals surface area contributed by atoms with Crippen LogP contribution in [0.1, 0.15) is 25.8 Å². The Morgan fingerprint density at radius 2 is 1.72 bits per heavy atom. The maximum atomic E-state index is 13.0. The number of carbonyl (C=O) groups is 2. The van der Waals surface area contributed by atoms with E-state index in [0.29, 0.717) is 28.1 Å². The molecule has 0 saturated carbocycles. The van der Waals surface area contributed by atoms with Crippen LogP contribution in [0.4, 0.5) is 0 Å². The number of imide groups is 1. The zero-order valence-electron chi connectivity index (χ0n) is 14.7. The Bertz CT molecular complexity index is 729. The second-order valence-electron chi connectivity index (χ2n) is 7.09. The van der Waals surface area contributed by atoms with Gasteiger partial charge in [0.2, 0.25) is 0 Å². The predicted molar refractivity (Wildman–Crippen MR) is 99.8 cm³/mol. The van der Waals surface area contributed by atoms with E-state index >= 15 is 0 Å². The van der Waals surface area contributed by atoms with Gasteiger partial charge in [-0.25, -0.2) is 0 Å². The SMILES string of the molecule is C=CCN1C(=O)C(c2ccc(Cl)cc2)=C(N2CC(C)CC(C)C2)C1=O. The molecule has 0 aromatic heterocycles. The van der Waals surface area contributed by atoms with Crippen LogP contribution in [0.25, 0.3) is 5.57 Å². The van der Waals surface area contributed by atoms with Gasteiger partial charge in [-0.3, -0.25) is 14.5 Å². The van der Waals surface area contributed by atoms with Crippen LogP contribution in [0.3, 0.4) is 0 Å². The van der Waals surface area contributed by atoms with Crippen LogP contribution in [0.2, 0.25) is 5.02 Å². The number of hydrogen-bond donors (Lipinski definition) is 0. The second-order valence-corrected chi connectivity index (χ2v) is 7.53. The molecular formula is C20H23ClN2O2. The molecule has 132 valence electrons. The summed E-state index contributed by atoms with van der Waals surface area (Å²) in [5.74, 6) is 0.488. The first-order valence-corrected chi connectivity index (χ1v) is 9.02. The van der Waals surface area contributed by atoms with E-state index in [9.17, 15) is 9.59 Å². The molecule has 2 atom stereocenters. The van der Waals surface area contributed by atoms with Gasteiger partial charge in [-0.1, -0.05) is 43.7 Å². The van der Waals surface area contributed by atoms with Crippen LogP contribution in [-0.4, -0.2) is 41.2 Å². The van der Waals surface area contributed by atoms with Crippen LogP contribution in [-0.2, 0) is 9.59 Å². The average molecular weight is 359 g/mol. The minimum Gasteiger partial charge on any atom is -0.366 e. The lowest BCUT2D eigenvalue weighted by Crippen LogP contribution is -2.41. The molecule has 0 bridgehead atoms. The van der Waals surface area contributed by atoms with Crippen molar-refractivity contribution in [3.05, 3.63) is 53.2 Å². The smallest absolute Gasteiger partial charge is 0.278 e. The first-order valence-electron chi connectivity index (χ1n) is 8.64. The number of carbonyl (C=O) groups excluding carboxylic acids is 2. The monoisotopic (exact) mass is 358 g/mol. The predicted octanol–water partition coefficient (Wildman–Crippen LogP) is 3.58. The molecule has 2 heterocycles. The molecular weight excluding hydrogens is 336 g/mol. The fraction of sp³-hybridized carbons (Fsp3) is 0.400. The minimum atomic E-state index is -0.256. The number of likely N-dealkylation sites (tertiary alicyclic amines) is 1. The van der Waals surface area contributed by atoms with E-state index < -0.39 is 0 Å². The highest BCUT2D eigenvalue weighted by Gasteiger charge is 2.42. The van der Waals surface area contributed by atoms with Crippen LogP contribution < -0.4 is 0 Å². The van der Waals surface area contributed by atoms with Crippen LogP contribution >= 0.6 is 11.6 Å². The van der Waals surface area contributed by atoms with Crippen molar-refractivity contribution in [2.24, 2.45) is 11.8 Å². The molecule has 2 amide bonds. The van der Waals surface area contributed by atoms with Gasteiger partial charge in [-0.05, 0) is 36.0 Å². The maximum Gasteiger partial charge on any atom is 0.278 e. The van der Waals surface area contributed by atoms with E-state index in [1.165, 1.54) is 4.90 Å². The molecule has 3 rings (SSSR count). The van der Waals surface area contributed by atoms with Crippen molar-refractivity contribution in [1.82, 2.24) is 9.80 Å². The Kier molecular flexibility index (Phi) is 5.00. The molecule has 1 fully saturated rings. The number of amides is 2. The molecule has 0 spiro atoms. The topological polar surface area (TPSA) is 40.6 Å². The van der Waals surface area contributed by atoms with E-state index in [2.05, 4.69) is 25.3 Å². The largest absolute Gasteiger partial charge is 0.366 e. The molecule has 0 aliphatic carbocycles. The number of piperidine rings is 1. The van der Waals surface area contributed by atoms with Gasteiger partial charge in [-0.2, -0.15) is 0 Å². The third-order valence-corrected chi connectivity index (χ3v) is 5.03. The highest BCUT2D eigenvalue weighted by atomic mass is 35.5. The number of halogens is 1. The Morgan fingerprint density at radius 3 is 2.28 bits per heavy atom. The number of nitrogens with zero attached hydrogens (tertiary/aromatic N) is 2. The summed E-state index contributed by atoms with van der Waals surface area (Å²) >= 11 is 5.98. The van der Waals surface area contributed by atoms with E-state index in [4.69, 9.17) is 11.6 Å². The maximum absolute atomic E-state index is 13.0. The highest BCUT2D eigenvalue weighted by Crippen LogP contribution is 2.35. The lowest BCUT2D eigenvalue weighted by Gasteiger charge is -2.37. The summed E-state index contributed by atoms with van der Waals surface area (Å²) in [6.07, 6.45) is 2.72. The van der Waals surface area contributed by atoms with Gasteiger partial charge in [0, 0.05) is 24.7 Å². The molecule has 0 N–H and O–H groups in total. The van der Waals surface area contributed by atoms with Crippen molar-refractivity contribution in [3.63, 3.8) is 0 Å². The van der Waals surface area contributed by atoms with Gasteiger partial charge in [0.15, 0.2) is 0 Å². The highest BCUT2D eigenvalue weighted by molar-refractivity contribution is 6.36. The van der Waals surface area contributed by atoms with Gasteiger partial charge >= 0.3 is 0 Å². The summed E-state index contributed by atoms with van der Waals surface area (Å²) in [6.45, 7) is 9.84. The molecule has 25 heavy (non-hydrogen) atoms. The van der Waals surface area contributed by atoms with Gasteiger partial charge in [0.1, 0.15) is 5.70 Å². The third kappa shape index (κ3) is 3.36. The average Bonchev–Trinajstić information content (AvgIpc) is 2.80. The van der Waals surface area contributed by atoms with Crippen LogP contribution in [0.5, 0.6) is 0 Å². The molecule has 4 nitrogen and oxygen atoms in total. The summed E-state index contributed by atoms with van der Waals surface area (Å²) in [5, 5.41) is 0.603. The van der Waals surface area contributed by atoms with Gasteiger partial charge in [0.05, 0.1) is 5.57 Å². The first kappa shape index (κ1) is 17.7. The normalized spacial score (nSPS) is 24.3. The summed E-state index contributed by atoms with van der Waals surface area (Å²) in [7, 11) is 0. The summed E-state index contributed by atoms with van der Waals surface area (Å²) in [5.41, 5.74) is 1.73. The second kappa shape index (κ2) is 7.04. The zero-order chi connectivity index (χ0) is 18.1. The molecule has 5 heteroatoms. The van der Waals surface area contributed by atoms with Crippen molar-refractivity contribution >= 4 is 29.0 Å². The van der Waals surface area contributed by atoms with Crippen molar-refractivity contribution in [2.75, 3.05) is 19.6 Å². The van der Waals surface area contributed by atoms with E-state index in [-0.39, 0.29) is 18.4 Å². The molecule has 2 unspecified atom stereocenters. The summed E-state index contributed by atoms with van der Waals surface area (Å²) < 4.78 is 0. The van der Waals surface area contributed by atoms with Crippen molar-refractivity contribution < 1.29 is 9.59 Å². The van der Waals surface area contributed by atoms with Crippen molar-refractivity contribution in [2.45, 2.75) is 20.3 Å². The Hall–Kier alpha value is -2.07. The standard InChI is InChI=1S/C20H23ClN2O2/c1-4-9-23-19(24)17(15-5-7-16(21)8-6-15)18(20(23)25)22-11-13(2)10-14(3)12-22/h4-8,13-14H,1,9-12H2,2-3H3. The summed E-state index contributed by atoms with van der Waals surface area (Å²) in [4.78, 5) is 29.3. The molecule has 1 saturated heterocycles. The zero-order valence-corrected chi connectivity index (χ0v) is 15.4. The molecule has 2 aliphatic rings. The summed E-state index contributed by atoms with van der Waals surface area (Å²) in [6, 6.07) is 7.10.